The highest BCUT2D eigenvalue weighted by Crippen LogP contribution is 2.08. The lowest BCUT2D eigenvalue weighted by molar-refractivity contribution is -0.122. The third kappa shape index (κ3) is 13.5. The molecule has 0 aliphatic heterocycles. The Hall–Kier alpha value is -0.610. The van der Waals surface area contributed by atoms with Crippen LogP contribution in [0.25, 0.3) is 0 Å². The molecule has 0 bridgehead atoms. The highest BCUT2D eigenvalue weighted by atomic mass is 16.5. The number of rotatable bonds is 12. The third-order valence-corrected chi connectivity index (χ3v) is 2.77. The lowest BCUT2D eigenvalue weighted by Crippen LogP contribution is -2.25. The Morgan fingerprint density at radius 1 is 1.17 bits per heavy atom. The van der Waals surface area contributed by atoms with Crippen molar-refractivity contribution in [2.24, 2.45) is 11.7 Å². The van der Waals surface area contributed by atoms with Crippen molar-refractivity contribution in [2.75, 3.05) is 26.3 Å². The number of hydrogen-bond acceptors (Lipinski definition) is 3. The van der Waals surface area contributed by atoms with Gasteiger partial charge in [0.15, 0.2) is 0 Å². The van der Waals surface area contributed by atoms with Crippen LogP contribution in [0.4, 0.5) is 0 Å². The first-order chi connectivity index (χ1) is 8.66. The maximum absolute atomic E-state index is 11.4. The largest absolute Gasteiger partial charge is 0.380 e. The summed E-state index contributed by atoms with van der Waals surface area (Å²) >= 11 is 0. The van der Waals surface area contributed by atoms with Gasteiger partial charge in [0.1, 0.15) is 0 Å². The summed E-state index contributed by atoms with van der Waals surface area (Å²) in [7, 11) is 0. The molecule has 0 spiro atoms. The van der Waals surface area contributed by atoms with E-state index < -0.39 is 0 Å². The zero-order chi connectivity index (χ0) is 13.6. The highest BCUT2D eigenvalue weighted by molar-refractivity contribution is 5.75. The summed E-state index contributed by atoms with van der Waals surface area (Å²) in [5.41, 5.74) is 5.28. The van der Waals surface area contributed by atoms with Crippen LogP contribution in [0.3, 0.4) is 0 Å². The number of hydrogen-bond donors (Lipinski definition) is 2. The third-order valence-electron chi connectivity index (χ3n) is 2.77. The fourth-order valence-corrected chi connectivity index (χ4v) is 1.70. The average Bonchev–Trinajstić information content (AvgIpc) is 2.33. The molecule has 0 aliphatic carbocycles. The molecule has 4 heteroatoms. The first kappa shape index (κ1) is 17.4. The second-order valence-corrected chi connectivity index (χ2v) is 5.10. The highest BCUT2D eigenvalue weighted by Gasteiger charge is 2.00. The van der Waals surface area contributed by atoms with Gasteiger partial charge in [-0.1, -0.05) is 39.5 Å². The molecule has 0 rings (SSSR count). The quantitative estimate of drug-likeness (QED) is 0.527. The van der Waals surface area contributed by atoms with Gasteiger partial charge in [-0.15, -0.1) is 0 Å². The van der Waals surface area contributed by atoms with Crippen molar-refractivity contribution in [3.8, 4) is 0 Å². The molecule has 0 fully saturated rings. The van der Waals surface area contributed by atoms with Gasteiger partial charge in [0, 0.05) is 19.5 Å². The van der Waals surface area contributed by atoms with Gasteiger partial charge in [-0.3, -0.25) is 4.79 Å². The van der Waals surface area contributed by atoms with Crippen LogP contribution in [-0.4, -0.2) is 32.2 Å². The smallest absolute Gasteiger partial charge is 0.222 e. The van der Waals surface area contributed by atoms with E-state index in [9.17, 15) is 4.79 Å². The molecule has 0 radical (unpaired) electrons. The van der Waals surface area contributed by atoms with Gasteiger partial charge in [-0.05, 0) is 12.3 Å². The summed E-state index contributed by atoms with van der Waals surface area (Å²) in [5, 5.41) is 2.91. The number of carbonyl (C=O) groups is 1. The summed E-state index contributed by atoms with van der Waals surface area (Å²) in [6.45, 7) is 6.82. The molecular weight excluding hydrogens is 228 g/mol. The molecule has 0 atom stereocenters. The minimum Gasteiger partial charge on any atom is -0.380 e. The van der Waals surface area contributed by atoms with Crippen LogP contribution in [0.15, 0.2) is 0 Å². The zero-order valence-electron chi connectivity index (χ0n) is 12.0. The molecule has 0 saturated carbocycles. The van der Waals surface area contributed by atoms with Gasteiger partial charge >= 0.3 is 0 Å². The summed E-state index contributed by atoms with van der Waals surface area (Å²) in [5.74, 6) is 0.882. The van der Waals surface area contributed by atoms with Crippen molar-refractivity contribution >= 4 is 5.91 Å². The van der Waals surface area contributed by atoms with Crippen molar-refractivity contribution < 1.29 is 9.53 Å². The lowest BCUT2D eigenvalue weighted by Gasteiger charge is -2.06. The minimum absolute atomic E-state index is 0.0780. The summed E-state index contributed by atoms with van der Waals surface area (Å²) in [6.07, 6.45) is 6.61. The zero-order valence-corrected chi connectivity index (χ0v) is 12.0. The Kier molecular flexibility index (Phi) is 12.4. The molecule has 0 aromatic rings. The van der Waals surface area contributed by atoms with Gasteiger partial charge in [-0.25, -0.2) is 0 Å². The standard InChI is InChI=1S/C14H30N2O2/c1-13(2)7-5-3-4-6-10-16-14(17)8-11-18-12-9-15/h13H,3-12,15H2,1-2H3,(H,16,17). The van der Waals surface area contributed by atoms with E-state index >= 15 is 0 Å². The van der Waals surface area contributed by atoms with Crippen molar-refractivity contribution in [3.05, 3.63) is 0 Å². The molecule has 0 aromatic heterocycles. The van der Waals surface area contributed by atoms with Crippen LogP contribution in [0.5, 0.6) is 0 Å². The molecule has 4 nitrogen and oxygen atoms in total. The minimum atomic E-state index is 0.0780. The number of nitrogens with two attached hydrogens (primary N) is 1. The Bertz CT molecular complexity index is 196. The van der Waals surface area contributed by atoms with E-state index in [4.69, 9.17) is 10.5 Å². The second kappa shape index (κ2) is 12.8. The Labute approximate surface area is 112 Å². The van der Waals surface area contributed by atoms with Crippen LogP contribution in [0.1, 0.15) is 52.4 Å². The molecule has 0 unspecified atom stereocenters. The summed E-state index contributed by atoms with van der Waals surface area (Å²) in [4.78, 5) is 11.4. The van der Waals surface area contributed by atoms with E-state index in [0.29, 0.717) is 26.2 Å². The molecule has 0 saturated heterocycles. The summed E-state index contributed by atoms with van der Waals surface area (Å²) < 4.78 is 5.15. The molecule has 0 heterocycles. The van der Waals surface area contributed by atoms with Gasteiger partial charge in [-0.2, -0.15) is 0 Å². The van der Waals surface area contributed by atoms with Crippen LogP contribution in [0, 0.1) is 5.92 Å². The molecule has 3 N–H and O–H groups in total. The van der Waals surface area contributed by atoms with Crippen LogP contribution < -0.4 is 11.1 Å². The molecule has 1 amide bonds. The molecule has 0 aromatic carbocycles. The Morgan fingerprint density at radius 2 is 1.89 bits per heavy atom. The molecule has 18 heavy (non-hydrogen) atoms. The Balaban J connectivity index is 3.15. The fraction of sp³-hybridized carbons (Fsp3) is 0.929. The molecule has 108 valence electrons. The normalized spacial score (nSPS) is 10.9. The number of amides is 1. The first-order valence-corrected chi connectivity index (χ1v) is 7.21. The number of ether oxygens (including phenoxy) is 1. The summed E-state index contributed by atoms with van der Waals surface area (Å²) in [6, 6.07) is 0. The van der Waals surface area contributed by atoms with Crippen LogP contribution >= 0.6 is 0 Å². The number of nitrogens with one attached hydrogen (secondary N) is 1. The predicted molar refractivity (Wildman–Crippen MR) is 75.4 cm³/mol. The van der Waals surface area contributed by atoms with Crippen molar-refractivity contribution in [2.45, 2.75) is 52.4 Å². The van der Waals surface area contributed by atoms with E-state index in [0.717, 1.165) is 18.9 Å². The van der Waals surface area contributed by atoms with E-state index in [1.165, 1.54) is 25.7 Å². The van der Waals surface area contributed by atoms with E-state index in [2.05, 4.69) is 19.2 Å². The van der Waals surface area contributed by atoms with Crippen LogP contribution in [-0.2, 0) is 9.53 Å². The second-order valence-electron chi connectivity index (χ2n) is 5.10. The predicted octanol–water partition coefficient (Wildman–Crippen LogP) is 2.07. The van der Waals surface area contributed by atoms with E-state index in [1.54, 1.807) is 0 Å². The fourth-order valence-electron chi connectivity index (χ4n) is 1.70. The monoisotopic (exact) mass is 258 g/mol. The van der Waals surface area contributed by atoms with Crippen molar-refractivity contribution in [3.63, 3.8) is 0 Å². The van der Waals surface area contributed by atoms with E-state index in [1.807, 2.05) is 0 Å². The first-order valence-electron chi connectivity index (χ1n) is 7.21. The van der Waals surface area contributed by atoms with Gasteiger partial charge in [0.05, 0.1) is 13.2 Å². The maximum atomic E-state index is 11.4. The van der Waals surface area contributed by atoms with Crippen molar-refractivity contribution in [1.82, 2.24) is 5.32 Å². The van der Waals surface area contributed by atoms with Gasteiger partial charge in [0.2, 0.25) is 5.91 Å². The number of carbonyl (C=O) groups excluding carboxylic acids is 1. The SMILES string of the molecule is CC(C)CCCCCCNC(=O)CCOCCN. The van der Waals surface area contributed by atoms with Gasteiger partial charge < -0.3 is 15.8 Å². The number of unbranched alkanes of at least 4 members (excludes halogenated alkanes) is 3. The van der Waals surface area contributed by atoms with E-state index in [-0.39, 0.29) is 5.91 Å². The van der Waals surface area contributed by atoms with Crippen LogP contribution in [0.2, 0.25) is 0 Å². The Morgan fingerprint density at radius 3 is 2.56 bits per heavy atom. The topological polar surface area (TPSA) is 64.3 Å². The van der Waals surface area contributed by atoms with Gasteiger partial charge in [0.25, 0.3) is 0 Å². The molecule has 0 aliphatic rings. The van der Waals surface area contributed by atoms with Crippen molar-refractivity contribution in [1.29, 1.82) is 0 Å². The molecular formula is C14H30N2O2. The average molecular weight is 258 g/mol. The lowest BCUT2D eigenvalue weighted by atomic mass is 10.0. The maximum Gasteiger partial charge on any atom is 0.222 e.